The fraction of sp³-hybridized carbons (Fsp3) is 0.350. The standard InChI is InChI=1S/C40H48N2O9.C40H46N2O9.2Na/c2*1-3-48-35-19-11-13-21-37(35)50-29-33(43)27-41(39(45)31-15-7-5-8-16-31)23-25-47-26-24-42(40(46)32-17-9-6-10-18-32)28-34(44)30-51-38-22-14-12-20-36(38)49-4-2;;/h5-22,33-34,43-44H,3-4,23-30H2,1-2H3;5-22,33-34H,3-4,23-30H2,1-2H3;;/q;-2;2*+1. The zero-order valence-electron chi connectivity index (χ0n) is 60.5. The van der Waals surface area contributed by atoms with Crippen LogP contribution < -0.4 is 107 Å². The predicted octanol–water partition coefficient (Wildman–Crippen LogP) is 2.67. The van der Waals surface area contributed by atoms with Crippen LogP contribution in [0.15, 0.2) is 218 Å². The summed E-state index contributed by atoms with van der Waals surface area (Å²) in [6.45, 7) is 9.80. The fourth-order valence-corrected chi connectivity index (χ4v) is 10.4. The molecule has 0 radical (unpaired) electrons. The van der Waals surface area contributed by atoms with Crippen LogP contribution in [0.3, 0.4) is 0 Å². The van der Waals surface area contributed by atoms with Crippen LogP contribution in [0, 0.1) is 0 Å². The van der Waals surface area contributed by atoms with E-state index in [0.29, 0.717) is 94.7 Å². The predicted molar refractivity (Wildman–Crippen MR) is 383 cm³/mol. The average Bonchev–Trinajstić information content (AvgIpc) is 0.878. The molecule has 4 amide bonds. The largest absolute Gasteiger partial charge is 1.00 e. The van der Waals surface area contributed by atoms with Gasteiger partial charge in [-0.3, -0.25) is 19.2 Å². The number of para-hydroxylation sites is 8. The van der Waals surface area contributed by atoms with E-state index in [4.69, 9.17) is 47.4 Å². The van der Waals surface area contributed by atoms with E-state index in [2.05, 4.69) is 0 Å². The molecule has 0 saturated heterocycles. The van der Waals surface area contributed by atoms with Gasteiger partial charge < -0.3 is 87.4 Å². The van der Waals surface area contributed by atoms with Crippen LogP contribution >= 0.6 is 0 Å². The van der Waals surface area contributed by atoms with Gasteiger partial charge in [-0.05, 0) is 125 Å². The Hall–Kier alpha value is -8.20. The van der Waals surface area contributed by atoms with Gasteiger partial charge in [0.25, 0.3) is 23.6 Å². The number of amides is 4. The topological polar surface area (TPSA) is 260 Å². The number of hydrogen-bond donors (Lipinski definition) is 2. The minimum absolute atomic E-state index is 0. The smallest absolute Gasteiger partial charge is 0.848 e. The van der Waals surface area contributed by atoms with Gasteiger partial charge in [-0.1, -0.05) is 134 Å². The molecule has 0 heterocycles. The first kappa shape index (κ1) is 86.4. The van der Waals surface area contributed by atoms with Crippen molar-refractivity contribution in [3.05, 3.63) is 241 Å². The summed E-state index contributed by atoms with van der Waals surface area (Å²) in [5.41, 5.74) is 1.85. The van der Waals surface area contributed by atoms with Crippen LogP contribution in [0.5, 0.6) is 46.0 Å². The number of carbonyl (C=O) groups excluding carboxylic acids is 4. The Morgan fingerprint density at radius 3 is 0.712 bits per heavy atom. The van der Waals surface area contributed by atoms with Crippen molar-refractivity contribution in [1.82, 2.24) is 19.6 Å². The van der Waals surface area contributed by atoms with E-state index in [1.807, 2.05) is 88.4 Å². The first-order valence-corrected chi connectivity index (χ1v) is 34.4. The van der Waals surface area contributed by atoms with Crippen molar-refractivity contribution in [3.8, 4) is 46.0 Å². The normalized spacial score (nSPS) is 11.8. The second-order valence-corrected chi connectivity index (χ2v) is 23.0. The van der Waals surface area contributed by atoms with Gasteiger partial charge in [0, 0.05) is 61.5 Å². The third-order valence-corrected chi connectivity index (χ3v) is 15.3. The maximum Gasteiger partial charge on any atom is 1.00 e. The van der Waals surface area contributed by atoms with Crippen molar-refractivity contribution in [3.63, 3.8) is 0 Å². The average molecular weight is 1450 g/mol. The van der Waals surface area contributed by atoms with E-state index in [1.165, 1.54) is 19.6 Å². The molecule has 8 aromatic rings. The summed E-state index contributed by atoms with van der Waals surface area (Å²) in [6.07, 6.45) is -4.47. The molecule has 0 fully saturated rings. The van der Waals surface area contributed by atoms with Gasteiger partial charge in [-0.25, -0.2) is 0 Å². The van der Waals surface area contributed by atoms with Gasteiger partial charge in [0.2, 0.25) is 0 Å². The minimum atomic E-state index is -1.25. The first-order chi connectivity index (χ1) is 49.8. The molecule has 22 nitrogen and oxygen atoms in total. The molecule has 0 aliphatic heterocycles. The number of hydrogen-bond acceptors (Lipinski definition) is 18. The van der Waals surface area contributed by atoms with Crippen molar-refractivity contribution in [2.45, 2.75) is 52.1 Å². The summed E-state index contributed by atoms with van der Waals surface area (Å²) < 4.78 is 57.4. The second-order valence-electron chi connectivity index (χ2n) is 23.0. The van der Waals surface area contributed by atoms with E-state index < -0.39 is 24.4 Å². The summed E-state index contributed by atoms with van der Waals surface area (Å²) in [7, 11) is 0. The molecule has 2 N–H and O–H groups in total. The molecule has 0 bridgehead atoms. The zero-order valence-corrected chi connectivity index (χ0v) is 64.5. The minimum Gasteiger partial charge on any atom is -0.848 e. The molecule has 0 aliphatic rings. The number of benzene rings is 8. The number of ether oxygens (including phenoxy) is 10. The van der Waals surface area contributed by atoms with Gasteiger partial charge in [-0.15, -0.1) is 0 Å². The molecule has 8 rings (SSSR count). The number of rotatable bonds is 44. The maximum absolute atomic E-state index is 13.5. The van der Waals surface area contributed by atoms with Crippen LogP contribution in [-0.4, -0.2) is 209 Å². The molecule has 544 valence electrons. The number of aliphatic hydroxyl groups is 2. The Morgan fingerprint density at radius 2 is 0.490 bits per heavy atom. The molecule has 0 aliphatic carbocycles. The van der Waals surface area contributed by atoms with Crippen molar-refractivity contribution >= 4 is 23.6 Å². The van der Waals surface area contributed by atoms with Gasteiger partial charge in [0.15, 0.2) is 46.0 Å². The van der Waals surface area contributed by atoms with Crippen molar-refractivity contribution in [2.24, 2.45) is 0 Å². The van der Waals surface area contributed by atoms with Crippen LogP contribution in [0.25, 0.3) is 0 Å². The number of nitrogens with zero attached hydrogens (tertiary/aromatic N) is 4. The van der Waals surface area contributed by atoms with Crippen LogP contribution in [0.4, 0.5) is 0 Å². The Labute approximate surface area is 654 Å². The molecule has 0 aromatic heterocycles. The van der Waals surface area contributed by atoms with E-state index in [1.54, 1.807) is 158 Å². The third-order valence-electron chi connectivity index (χ3n) is 15.3. The van der Waals surface area contributed by atoms with Crippen molar-refractivity contribution in [2.75, 3.05) is 132 Å². The molecule has 0 saturated carbocycles. The van der Waals surface area contributed by atoms with Gasteiger partial charge in [-0.2, -0.15) is 0 Å². The number of aliphatic hydroxyl groups excluding tert-OH is 2. The summed E-state index contributed by atoms with van der Waals surface area (Å²) in [5, 5.41) is 48.0. The SMILES string of the molecule is CCOc1ccccc1OCC(O)CN(CCOCCN(CC(O)COc1ccccc1OCC)C(=O)c1ccccc1)C(=O)c1ccccc1.CCOc1ccccc1OCC([O-])CN(CCOCCN(CC([O-])COc1ccccc1OCC)C(=O)c1ccccc1)C(=O)c1ccccc1.[Na+].[Na+]. The van der Waals surface area contributed by atoms with E-state index >= 15 is 0 Å². The first-order valence-electron chi connectivity index (χ1n) is 34.4. The van der Waals surface area contributed by atoms with Crippen LogP contribution in [0.1, 0.15) is 69.1 Å². The van der Waals surface area contributed by atoms with Crippen LogP contribution in [0.2, 0.25) is 0 Å². The Balaban J connectivity index is 0.000000367. The van der Waals surface area contributed by atoms with Crippen molar-refractivity contribution in [1.29, 1.82) is 0 Å². The molecular weight excluding hydrogens is 1350 g/mol. The monoisotopic (exact) mass is 1440 g/mol. The third kappa shape index (κ3) is 30.1. The van der Waals surface area contributed by atoms with Gasteiger partial charge >= 0.3 is 59.1 Å². The molecule has 24 heteroatoms. The fourth-order valence-electron chi connectivity index (χ4n) is 10.4. The maximum atomic E-state index is 13.5. The van der Waals surface area contributed by atoms with E-state index in [-0.39, 0.29) is 188 Å². The molecular formula is C80H94N4Na2O18. The molecule has 4 atom stereocenters. The summed E-state index contributed by atoms with van der Waals surface area (Å²) in [4.78, 5) is 59.7. The summed E-state index contributed by atoms with van der Waals surface area (Å²) in [5.74, 6) is 3.02. The number of carbonyl (C=O) groups is 4. The second kappa shape index (κ2) is 49.5. The van der Waals surface area contributed by atoms with Gasteiger partial charge in [0.05, 0.1) is 79.2 Å². The zero-order chi connectivity index (χ0) is 72.5. The summed E-state index contributed by atoms with van der Waals surface area (Å²) in [6, 6.07) is 63.7. The van der Waals surface area contributed by atoms with E-state index in [0.717, 1.165) is 0 Å². The molecule has 8 aromatic carbocycles. The summed E-state index contributed by atoms with van der Waals surface area (Å²) >= 11 is 0. The van der Waals surface area contributed by atoms with Crippen LogP contribution in [-0.2, 0) is 9.47 Å². The molecule has 104 heavy (non-hydrogen) atoms. The molecule has 0 spiro atoms. The van der Waals surface area contributed by atoms with E-state index in [9.17, 15) is 39.6 Å². The van der Waals surface area contributed by atoms with Gasteiger partial charge in [0.1, 0.15) is 25.4 Å². The van der Waals surface area contributed by atoms with Crippen molar-refractivity contribution < 1.29 is 146 Å². The Kier molecular flexibility index (Phi) is 41.1. The Bertz CT molecular complexity index is 3230. The molecule has 4 unspecified atom stereocenters. The quantitative estimate of drug-likeness (QED) is 0.0411. The Morgan fingerprint density at radius 1 is 0.298 bits per heavy atom.